The van der Waals surface area contributed by atoms with Gasteiger partial charge in [0.2, 0.25) is 11.8 Å². The standard InChI is InChI=1S/C21H15F2N5O2/c22-15-2-1-14(18(23)12-15)11-20(29)25-16-3-5-17(6-4-16)30-21-8-7-19(26-27-21)28-10-9-24-13-28/h1-10,12-13H,11H2,(H,25,29). The normalized spacial score (nSPS) is 10.6. The SMILES string of the molecule is O=C(Cc1ccc(F)cc1F)Nc1ccc(Oc2ccc(-n3ccnc3)nn2)cc1. The molecule has 9 heteroatoms. The second kappa shape index (κ2) is 8.48. The van der Waals surface area contributed by atoms with Crippen molar-refractivity contribution in [3.63, 3.8) is 0 Å². The molecule has 0 aliphatic heterocycles. The molecule has 0 saturated carbocycles. The van der Waals surface area contributed by atoms with E-state index in [1.54, 1.807) is 59.7 Å². The number of carbonyl (C=O) groups is 1. The first kappa shape index (κ1) is 19.2. The molecular formula is C21H15F2N5O2. The third-order valence-corrected chi connectivity index (χ3v) is 4.12. The van der Waals surface area contributed by atoms with Crippen LogP contribution in [0.25, 0.3) is 5.82 Å². The highest BCUT2D eigenvalue weighted by Crippen LogP contribution is 2.22. The summed E-state index contributed by atoms with van der Waals surface area (Å²) in [4.78, 5) is 16.0. The molecule has 7 nitrogen and oxygen atoms in total. The van der Waals surface area contributed by atoms with Crippen molar-refractivity contribution in [1.82, 2.24) is 19.7 Å². The van der Waals surface area contributed by atoms with Gasteiger partial charge < -0.3 is 10.1 Å². The van der Waals surface area contributed by atoms with Gasteiger partial charge in [-0.15, -0.1) is 10.2 Å². The van der Waals surface area contributed by atoms with E-state index in [2.05, 4.69) is 20.5 Å². The lowest BCUT2D eigenvalue weighted by Gasteiger charge is -2.08. The van der Waals surface area contributed by atoms with Crippen LogP contribution in [0.2, 0.25) is 0 Å². The van der Waals surface area contributed by atoms with Crippen molar-refractivity contribution < 1.29 is 18.3 Å². The van der Waals surface area contributed by atoms with E-state index >= 15 is 0 Å². The molecule has 0 atom stereocenters. The minimum atomic E-state index is -0.755. The molecule has 0 bridgehead atoms. The third-order valence-electron chi connectivity index (χ3n) is 4.12. The molecule has 0 radical (unpaired) electrons. The molecule has 1 N–H and O–H groups in total. The Balaban J connectivity index is 1.35. The number of hydrogen-bond acceptors (Lipinski definition) is 5. The molecule has 0 spiro atoms. The summed E-state index contributed by atoms with van der Waals surface area (Å²) < 4.78 is 34.0. The number of anilines is 1. The Morgan fingerprint density at radius 2 is 1.87 bits per heavy atom. The van der Waals surface area contributed by atoms with Gasteiger partial charge >= 0.3 is 0 Å². The highest BCUT2D eigenvalue weighted by molar-refractivity contribution is 5.92. The van der Waals surface area contributed by atoms with Gasteiger partial charge in [0.25, 0.3) is 0 Å². The number of aromatic nitrogens is 4. The summed E-state index contributed by atoms with van der Waals surface area (Å²) in [6.07, 6.45) is 4.80. The first-order valence-corrected chi connectivity index (χ1v) is 8.90. The molecule has 1 amide bonds. The highest BCUT2D eigenvalue weighted by Gasteiger charge is 2.10. The lowest BCUT2D eigenvalue weighted by Crippen LogP contribution is -2.15. The van der Waals surface area contributed by atoms with Crippen molar-refractivity contribution in [3.8, 4) is 17.4 Å². The van der Waals surface area contributed by atoms with Crippen LogP contribution in [-0.4, -0.2) is 25.7 Å². The van der Waals surface area contributed by atoms with E-state index in [1.807, 2.05) is 0 Å². The molecule has 30 heavy (non-hydrogen) atoms. The summed E-state index contributed by atoms with van der Waals surface area (Å²) in [7, 11) is 0. The van der Waals surface area contributed by atoms with E-state index in [1.165, 1.54) is 6.07 Å². The van der Waals surface area contributed by atoms with E-state index in [0.717, 1.165) is 12.1 Å². The third kappa shape index (κ3) is 4.64. The molecule has 4 aromatic rings. The maximum atomic E-state index is 13.7. The van der Waals surface area contributed by atoms with Crippen LogP contribution >= 0.6 is 0 Å². The van der Waals surface area contributed by atoms with Gasteiger partial charge in [0.1, 0.15) is 23.7 Å². The summed E-state index contributed by atoms with van der Waals surface area (Å²) in [5.41, 5.74) is 0.628. The maximum absolute atomic E-state index is 13.7. The number of amides is 1. The zero-order valence-corrected chi connectivity index (χ0v) is 15.5. The molecule has 4 rings (SSSR count). The number of benzene rings is 2. The fourth-order valence-electron chi connectivity index (χ4n) is 2.67. The zero-order valence-electron chi connectivity index (χ0n) is 15.5. The van der Waals surface area contributed by atoms with E-state index in [9.17, 15) is 13.6 Å². The summed E-state index contributed by atoms with van der Waals surface area (Å²) in [6, 6.07) is 13.1. The number of carbonyl (C=O) groups excluding carboxylic acids is 1. The van der Waals surface area contributed by atoms with Crippen LogP contribution in [0.3, 0.4) is 0 Å². The largest absolute Gasteiger partial charge is 0.438 e. The minimum Gasteiger partial charge on any atom is -0.438 e. The number of nitrogens with zero attached hydrogens (tertiary/aromatic N) is 4. The first-order chi connectivity index (χ1) is 14.6. The topological polar surface area (TPSA) is 81.9 Å². The molecule has 0 unspecified atom stereocenters. The van der Waals surface area contributed by atoms with E-state index < -0.39 is 17.5 Å². The number of hydrogen-bond donors (Lipinski definition) is 1. The quantitative estimate of drug-likeness (QED) is 0.524. The van der Waals surface area contributed by atoms with Gasteiger partial charge in [-0.05, 0) is 42.0 Å². The monoisotopic (exact) mass is 407 g/mol. The maximum Gasteiger partial charge on any atom is 0.238 e. The number of rotatable bonds is 6. The fourth-order valence-corrected chi connectivity index (χ4v) is 2.67. The van der Waals surface area contributed by atoms with Gasteiger partial charge in [-0.1, -0.05) is 6.07 Å². The Morgan fingerprint density at radius 3 is 2.53 bits per heavy atom. The van der Waals surface area contributed by atoms with Crippen molar-refractivity contribution in [2.24, 2.45) is 0 Å². The summed E-state index contributed by atoms with van der Waals surface area (Å²) >= 11 is 0. The average Bonchev–Trinajstić information content (AvgIpc) is 3.27. The van der Waals surface area contributed by atoms with Crippen LogP contribution in [-0.2, 0) is 11.2 Å². The Morgan fingerprint density at radius 1 is 1.03 bits per heavy atom. The van der Waals surface area contributed by atoms with Crippen LogP contribution in [0.15, 0.2) is 73.3 Å². The highest BCUT2D eigenvalue weighted by atomic mass is 19.1. The molecule has 2 aromatic carbocycles. The lowest BCUT2D eigenvalue weighted by atomic mass is 10.1. The first-order valence-electron chi connectivity index (χ1n) is 8.90. The number of halogens is 2. The van der Waals surface area contributed by atoms with E-state index in [4.69, 9.17) is 4.74 Å². The van der Waals surface area contributed by atoms with E-state index in [0.29, 0.717) is 23.1 Å². The molecule has 150 valence electrons. The average molecular weight is 407 g/mol. The van der Waals surface area contributed by atoms with E-state index in [-0.39, 0.29) is 12.0 Å². The molecule has 0 saturated heterocycles. The van der Waals surface area contributed by atoms with Gasteiger partial charge in [0.05, 0.1) is 6.42 Å². The van der Waals surface area contributed by atoms with Crippen LogP contribution < -0.4 is 10.1 Å². The lowest BCUT2D eigenvalue weighted by molar-refractivity contribution is -0.115. The predicted molar refractivity (Wildman–Crippen MR) is 104 cm³/mol. The van der Waals surface area contributed by atoms with Gasteiger partial charge in [0.15, 0.2) is 5.82 Å². The van der Waals surface area contributed by atoms with Gasteiger partial charge in [-0.3, -0.25) is 9.36 Å². The zero-order chi connectivity index (χ0) is 20.9. The number of imidazole rings is 1. The molecule has 0 aliphatic rings. The Bertz CT molecular complexity index is 1150. The molecule has 0 fully saturated rings. The summed E-state index contributed by atoms with van der Waals surface area (Å²) in [5, 5.41) is 10.7. The molecule has 2 aromatic heterocycles. The van der Waals surface area contributed by atoms with Crippen LogP contribution in [0.1, 0.15) is 5.56 Å². The van der Waals surface area contributed by atoms with Crippen LogP contribution in [0.4, 0.5) is 14.5 Å². The minimum absolute atomic E-state index is 0.117. The van der Waals surface area contributed by atoms with Gasteiger partial charge in [-0.2, -0.15) is 0 Å². The van der Waals surface area contributed by atoms with Gasteiger partial charge in [-0.25, -0.2) is 13.8 Å². The number of ether oxygens (including phenoxy) is 1. The van der Waals surface area contributed by atoms with Crippen molar-refractivity contribution in [2.45, 2.75) is 6.42 Å². The molecular weight excluding hydrogens is 392 g/mol. The molecule has 0 aliphatic carbocycles. The van der Waals surface area contributed by atoms with Crippen LogP contribution in [0.5, 0.6) is 11.6 Å². The second-order valence-electron chi connectivity index (χ2n) is 6.29. The molecule has 2 heterocycles. The predicted octanol–water partition coefficient (Wildman–Crippen LogP) is 3.91. The van der Waals surface area contributed by atoms with Crippen molar-refractivity contribution in [3.05, 3.63) is 90.5 Å². The smallest absolute Gasteiger partial charge is 0.238 e. The summed E-state index contributed by atoms with van der Waals surface area (Å²) in [5.74, 6) is -0.447. The van der Waals surface area contributed by atoms with Crippen molar-refractivity contribution in [1.29, 1.82) is 0 Å². The van der Waals surface area contributed by atoms with Gasteiger partial charge in [0, 0.05) is 30.2 Å². The van der Waals surface area contributed by atoms with Crippen LogP contribution in [0, 0.1) is 11.6 Å². The summed E-state index contributed by atoms with van der Waals surface area (Å²) in [6.45, 7) is 0. The number of nitrogens with one attached hydrogen (secondary N) is 1. The Labute approximate surface area is 170 Å². The second-order valence-corrected chi connectivity index (χ2v) is 6.29. The van der Waals surface area contributed by atoms with Crippen molar-refractivity contribution >= 4 is 11.6 Å². The fraction of sp³-hybridized carbons (Fsp3) is 0.0476. The van der Waals surface area contributed by atoms with Crippen molar-refractivity contribution in [2.75, 3.05) is 5.32 Å². The Hall–Kier alpha value is -4.14. The Kier molecular flexibility index (Phi) is 5.42.